The SMILES string of the molecule is O=C(COc1ccccc1)NCC(=O)N1CCN(CC(=O)N2CCCC2)CC1. The van der Waals surface area contributed by atoms with Crippen molar-refractivity contribution in [2.45, 2.75) is 12.8 Å². The van der Waals surface area contributed by atoms with Gasteiger partial charge in [0.2, 0.25) is 11.8 Å². The summed E-state index contributed by atoms with van der Waals surface area (Å²) in [4.78, 5) is 42.1. The zero-order chi connectivity index (χ0) is 19.8. The number of para-hydroxylation sites is 1. The van der Waals surface area contributed by atoms with E-state index in [0.717, 1.165) is 25.9 Å². The van der Waals surface area contributed by atoms with Gasteiger partial charge in [-0.3, -0.25) is 19.3 Å². The number of likely N-dealkylation sites (tertiary alicyclic amines) is 1. The third-order valence-corrected chi connectivity index (χ3v) is 5.09. The molecule has 1 N–H and O–H groups in total. The molecule has 0 atom stereocenters. The molecule has 0 bridgehead atoms. The maximum atomic E-state index is 12.3. The van der Waals surface area contributed by atoms with E-state index in [2.05, 4.69) is 10.2 Å². The lowest BCUT2D eigenvalue weighted by Crippen LogP contribution is -2.53. The summed E-state index contributed by atoms with van der Waals surface area (Å²) < 4.78 is 5.36. The van der Waals surface area contributed by atoms with Gasteiger partial charge in [0.15, 0.2) is 6.61 Å². The Balaban J connectivity index is 1.31. The van der Waals surface area contributed by atoms with Crippen molar-refractivity contribution in [3.8, 4) is 5.75 Å². The van der Waals surface area contributed by atoms with Gasteiger partial charge in [0.05, 0.1) is 13.1 Å². The van der Waals surface area contributed by atoms with Gasteiger partial charge in [-0.15, -0.1) is 0 Å². The van der Waals surface area contributed by atoms with Crippen LogP contribution in [-0.4, -0.2) is 91.4 Å². The highest BCUT2D eigenvalue weighted by molar-refractivity contribution is 5.85. The summed E-state index contributed by atoms with van der Waals surface area (Å²) in [5.41, 5.74) is 0. The van der Waals surface area contributed by atoms with Crippen LogP contribution in [0.2, 0.25) is 0 Å². The van der Waals surface area contributed by atoms with Crippen LogP contribution in [0.1, 0.15) is 12.8 Å². The molecule has 1 aromatic rings. The van der Waals surface area contributed by atoms with Crippen molar-refractivity contribution < 1.29 is 19.1 Å². The van der Waals surface area contributed by atoms with Crippen LogP contribution in [0.25, 0.3) is 0 Å². The predicted octanol–water partition coefficient (Wildman–Crippen LogP) is -0.0518. The van der Waals surface area contributed by atoms with Crippen molar-refractivity contribution in [1.82, 2.24) is 20.0 Å². The molecule has 2 aliphatic rings. The minimum atomic E-state index is -0.327. The first-order chi connectivity index (χ1) is 13.6. The number of amides is 3. The number of ether oxygens (including phenoxy) is 1. The molecule has 0 aliphatic carbocycles. The lowest BCUT2D eigenvalue weighted by molar-refractivity contribution is -0.136. The second-order valence-corrected chi connectivity index (χ2v) is 7.12. The van der Waals surface area contributed by atoms with Crippen molar-refractivity contribution in [3.05, 3.63) is 30.3 Å². The molecule has 3 amide bonds. The fourth-order valence-corrected chi connectivity index (χ4v) is 3.42. The largest absolute Gasteiger partial charge is 0.484 e. The first-order valence-electron chi connectivity index (χ1n) is 9.84. The molecule has 2 saturated heterocycles. The van der Waals surface area contributed by atoms with Crippen LogP contribution in [-0.2, 0) is 14.4 Å². The quantitative estimate of drug-likeness (QED) is 0.708. The number of rotatable bonds is 7. The summed E-state index contributed by atoms with van der Waals surface area (Å²) in [6.07, 6.45) is 2.19. The molecule has 8 nitrogen and oxygen atoms in total. The van der Waals surface area contributed by atoms with E-state index in [0.29, 0.717) is 38.5 Å². The van der Waals surface area contributed by atoms with Gasteiger partial charge in [-0.25, -0.2) is 0 Å². The highest BCUT2D eigenvalue weighted by atomic mass is 16.5. The van der Waals surface area contributed by atoms with Gasteiger partial charge in [0, 0.05) is 39.3 Å². The van der Waals surface area contributed by atoms with Crippen molar-refractivity contribution in [3.63, 3.8) is 0 Å². The van der Waals surface area contributed by atoms with Crippen LogP contribution >= 0.6 is 0 Å². The van der Waals surface area contributed by atoms with E-state index < -0.39 is 0 Å². The molecule has 0 saturated carbocycles. The number of hydrogen-bond acceptors (Lipinski definition) is 5. The minimum absolute atomic E-state index is 0.0380. The molecule has 2 heterocycles. The monoisotopic (exact) mass is 388 g/mol. The first-order valence-corrected chi connectivity index (χ1v) is 9.84. The van der Waals surface area contributed by atoms with Crippen LogP contribution in [0.4, 0.5) is 0 Å². The molecule has 0 spiro atoms. The fourth-order valence-electron chi connectivity index (χ4n) is 3.42. The zero-order valence-corrected chi connectivity index (χ0v) is 16.1. The molecule has 0 unspecified atom stereocenters. The van der Waals surface area contributed by atoms with Crippen LogP contribution < -0.4 is 10.1 Å². The molecule has 28 heavy (non-hydrogen) atoms. The van der Waals surface area contributed by atoms with Gasteiger partial charge in [0.25, 0.3) is 5.91 Å². The first kappa shape index (κ1) is 20.1. The number of benzene rings is 1. The average Bonchev–Trinajstić information content (AvgIpc) is 3.27. The number of carbonyl (C=O) groups excluding carboxylic acids is 3. The molecule has 152 valence electrons. The van der Waals surface area contributed by atoms with Gasteiger partial charge in [-0.2, -0.15) is 0 Å². The van der Waals surface area contributed by atoms with Crippen LogP contribution in [0.3, 0.4) is 0 Å². The normalized spacial score (nSPS) is 17.4. The Morgan fingerprint density at radius 1 is 0.857 bits per heavy atom. The number of carbonyl (C=O) groups is 3. The molecular formula is C20H28N4O4. The highest BCUT2D eigenvalue weighted by Gasteiger charge is 2.25. The van der Waals surface area contributed by atoms with E-state index in [9.17, 15) is 14.4 Å². The van der Waals surface area contributed by atoms with E-state index in [1.807, 2.05) is 23.1 Å². The lowest BCUT2D eigenvalue weighted by atomic mass is 10.3. The van der Waals surface area contributed by atoms with Crippen LogP contribution in [0, 0.1) is 0 Å². The Hall–Kier alpha value is -2.61. The number of nitrogens with zero attached hydrogens (tertiary/aromatic N) is 3. The van der Waals surface area contributed by atoms with E-state index in [4.69, 9.17) is 4.74 Å². The summed E-state index contributed by atoms with van der Waals surface area (Å²) in [6.45, 7) is 4.50. The Labute approximate surface area is 165 Å². The van der Waals surface area contributed by atoms with E-state index >= 15 is 0 Å². The average molecular weight is 388 g/mol. The molecule has 1 aromatic carbocycles. The number of hydrogen-bond donors (Lipinski definition) is 1. The van der Waals surface area contributed by atoms with E-state index in [1.165, 1.54) is 0 Å². The number of nitrogens with one attached hydrogen (secondary N) is 1. The Morgan fingerprint density at radius 2 is 1.50 bits per heavy atom. The van der Waals surface area contributed by atoms with Crippen LogP contribution in [0.15, 0.2) is 30.3 Å². The second kappa shape index (κ2) is 10.1. The molecule has 8 heteroatoms. The van der Waals surface area contributed by atoms with E-state index in [1.54, 1.807) is 17.0 Å². The van der Waals surface area contributed by atoms with Crippen molar-refractivity contribution >= 4 is 17.7 Å². The Kier molecular flexibility index (Phi) is 7.25. The summed E-state index contributed by atoms with van der Waals surface area (Å²) in [5.74, 6) is 0.358. The molecular weight excluding hydrogens is 360 g/mol. The van der Waals surface area contributed by atoms with Gasteiger partial charge in [-0.1, -0.05) is 18.2 Å². The fraction of sp³-hybridized carbons (Fsp3) is 0.550. The second-order valence-electron chi connectivity index (χ2n) is 7.12. The topological polar surface area (TPSA) is 82.2 Å². The molecule has 0 radical (unpaired) electrons. The van der Waals surface area contributed by atoms with Crippen molar-refractivity contribution in [2.75, 3.05) is 59.0 Å². The molecule has 0 aromatic heterocycles. The van der Waals surface area contributed by atoms with Crippen molar-refractivity contribution in [2.24, 2.45) is 0 Å². The van der Waals surface area contributed by atoms with Crippen molar-refractivity contribution in [1.29, 1.82) is 0 Å². The Morgan fingerprint density at radius 3 is 2.18 bits per heavy atom. The third kappa shape index (κ3) is 5.95. The lowest BCUT2D eigenvalue weighted by Gasteiger charge is -2.35. The minimum Gasteiger partial charge on any atom is -0.484 e. The van der Waals surface area contributed by atoms with Gasteiger partial charge in [-0.05, 0) is 25.0 Å². The summed E-state index contributed by atoms with van der Waals surface area (Å²) in [7, 11) is 0. The van der Waals surface area contributed by atoms with Crippen LogP contribution in [0.5, 0.6) is 5.75 Å². The third-order valence-electron chi connectivity index (χ3n) is 5.09. The molecule has 2 fully saturated rings. The van der Waals surface area contributed by atoms with Gasteiger partial charge in [0.1, 0.15) is 5.75 Å². The summed E-state index contributed by atoms with van der Waals surface area (Å²) >= 11 is 0. The number of piperazine rings is 1. The van der Waals surface area contributed by atoms with E-state index in [-0.39, 0.29) is 30.9 Å². The highest BCUT2D eigenvalue weighted by Crippen LogP contribution is 2.10. The van der Waals surface area contributed by atoms with Gasteiger partial charge >= 0.3 is 0 Å². The van der Waals surface area contributed by atoms with Gasteiger partial charge < -0.3 is 19.9 Å². The predicted molar refractivity (Wildman–Crippen MR) is 104 cm³/mol. The smallest absolute Gasteiger partial charge is 0.258 e. The maximum Gasteiger partial charge on any atom is 0.258 e. The summed E-state index contributed by atoms with van der Waals surface area (Å²) in [5, 5.41) is 2.60. The maximum absolute atomic E-state index is 12.3. The molecule has 2 aliphatic heterocycles. The molecule has 3 rings (SSSR count). The zero-order valence-electron chi connectivity index (χ0n) is 16.1. The Bertz CT molecular complexity index is 668. The summed E-state index contributed by atoms with van der Waals surface area (Å²) in [6, 6.07) is 9.07. The standard InChI is InChI=1S/C20H28N4O4/c25-18(16-28-17-6-2-1-3-7-17)21-14-19(26)24-12-10-22(11-13-24)15-20(27)23-8-4-5-9-23/h1-3,6-7H,4-5,8-16H2,(H,21,25).